The number of fused-ring (bicyclic) bond motifs is 1. The normalized spacial score (nSPS) is 10.8. The summed E-state index contributed by atoms with van der Waals surface area (Å²) in [5.74, 6) is 0. The summed E-state index contributed by atoms with van der Waals surface area (Å²) in [6.07, 6.45) is 1.12. The molecule has 0 saturated carbocycles. The Hall–Kier alpha value is -1.09. The number of nitrogens with zero attached hydrogens (tertiary/aromatic N) is 1. The molecule has 0 radical (unpaired) electrons. The molecule has 0 spiro atoms. The topological polar surface area (TPSA) is 24.9 Å². The minimum Gasteiger partial charge on any atom is -0.384 e. The first-order valence-corrected chi connectivity index (χ1v) is 6.73. The van der Waals surface area contributed by atoms with Gasteiger partial charge in [-0.1, -0.05) is 28.9 Å². The maximum absolute atomic E-state index is 4.63. The zero-order valence-corrected chi connectivity index (χ0v) is 12.1. The van der Waals surface area contributed by atoms with E-state index >= 15 is 0 Å². The molecule has 0 amide bonds. The van der Waals surface area contributed by atoms with Crippen molar-refractivity contribution >= 4 is 32.5 Å². The molecular formula is C14H17BrN2. The maximum Gasteiger partial charge on any atom is 0.0766 e. The molecule has 3 heteroatoms. The van der Waals surface area contributed by atoms with E-state index in [1.165, 1.54) is 16.6 Å². The number of aryl methyl sites for hydroxylation is 2. The second kappa shape index (κ2) is 5.05. The van der Waals surface area contributed by atoms with Gasteiger partial charge < -0.3 is 5.32 Å². The van der Waals surface area contributed by atoms with Gasteiger partial charge in [-0.3, -0.25) is 4.98 Å². The Balaban J connectivity index is 2.68. The molecule has 0 saturated heterocycles. The number of benzene rings is 1. The first-order valence-electron chi connectivity index (χ1n) is 5.93. The SMILES string of the molecule is CCCNc1cc(C)nc2c(C)ccc(Br)c12. The Bertz CT molecular complexity index is 549. The Kier molecular flexibility index (Phi) is 3.67. The molecule has 17 heavy (non-hydrogen) atoms. The van der Waals surface area contributed by atoms with Crippen molar-refractivity contribution in [2.45, 2.75) is 27.2 Å². The Labute approximate surface area is 111 Å². The van der Waals surface area contributed by atoms with Gasteiger partial charge in [-0.2, -0.15) is 0 Å². The van der Waals surface area contributed by atoms with E-state index in [1.807, 2.05) is 6.92 Å². The Morgan fingerprint density at radius 1 is 1.29 bits per heavy atom. The first-order chi connectivity index (χ1) is 8.13. The summed E-state index contributed by atoms with van der Waals surface area (Å²) < 4.78 is 1.10. The number of hydrogen-bond donors (Lipinski definition) is 1. The van der Waals surface area contributed by atoms with Crippen molar-refractivity contribution < 1.29 is 0 Å². The minimum atomic E-state index is 0.985. The fraction of sp³-hybridized carbons (Fsp3) is 0.357. The van der Waals surface area contributed by atoms with Gasteiger partial charge in [0.1, 0.15) is 0 Å². The third-order valence-corrected chi connectivity index (χ3v) is 3.47. The molecule has 1 N–H and O–H groups in total. The lowest BCUT2D eigenvalue weighted by molar-refractivity contribution is 0.980. The van der Waals surface area contributed by atoms with Crippen LogP contribution in [0.25, 0.3) is 10.9 Å². The third kappa shape index (κ3) is 2.44. The molecule has 0 aliphatic heterocycles. The van der Waals surface area contributed by atoms with Crippen LogP contribution in [0.4, 0.5) is 5.69 Å². The van der Waals surface area contributed by atoms with Gasteiger partial charge in [-0.15, -0.1) is 0 Å². The number of pyridine rings is 1. The molecule has 0 fully saturated rings. The summed E-state index contributed by atoms with van der Waals surface area (Å²) in [5.41, 5.74) is 4.52. The van der Waals surface area contributed by atoms with Gasteiger partial charge in [0, 0.05) is 27.8 Å². The highest BCUT2D eigenvalue weighted by Crippen LogP contribution is 2.32. The molecule has 1 aromatic carbocycles. The highest BCUT2D eigenvalue weighted by atomic mass is 79.9. The fourth-order valence-corrected chi connectivity index (χ4v) is 2.49. The van der Waals surface area contributed by atoms with Crippen molar-refractivity contribution in [2.75, 3.05) is 11.9 Å². The van der Waals surface area contributed by atoms with Crippen LogP contribution >= 0.6 is 15.9 Å². The minimum absolute atomic E-state index is 0.985. The van der Waals surface area contributed by atoms with Crippen molar-refractivity contribution in [3.63, 3.8) is 0 Å². The van der Waals surface area contributed by atoms with E-state index in [-0.39, 0.29) is 0 Å². The lowest BCUT2D eigenvalue weighted by Crippen LogP contribution is -2.02. The van der Waals surface area contributed by atoms with Crippen molar-refractivity contribution in [1.29, 1.82) is 0 Å². The smallest absolute Gasteiger partial charge is 0.0766 e. The van der Waals surface area contributed by atoms with Crippen LogP contribution in [-0.4, -0.2) is 11.5 Å². The number of anilines is 1. The van der Waals surface area contributed by atoms with E-state index in [2.05, 4.69) is 58.3 Å². The predicted octanol–water partition coefficient (Wildman–Crippen LogP) is 4.44. The molecule has 2 aromatic rings. The van der Waals surface area contributed by atoms with E-state index < -0.39 is 0 Å². The summed E-state index contributed by atoms with van der Waals surface area (Å²) in [7, 11) is 0. The molecule has 2 nitrogen and oxygen atoms in total. The Morgan fingerprint density at radius 2 is 2.06 bits per heavy atom. The number of aromatic nitrogens is 1. The van der Waals surface area contributed by atoms with Crippen LogP contribution in [0, 0.1) is 13.8 Å². The molecule has 0 bridgehead atoms. The largest absolute Gasteiger partial charge is 0.384 e. The molecule has 0 aliphatic carbocycles. The number of rotatable bonds is 3. The summed E-state index contributed by atoms with van der Waals surface area (Å²) in [4.78, 5) is 4.63. The molecule has 1 heterocycles. The average Bonchev–Trinajstić information content (AvgIpc) is 2.30. The van der Waals surface area contributed by atoms with Crippen molar-refractivity contribution in [3.05, 3.63) is 33.9 Å². The molecule has 0 atom stereocenters. The summed E-state index contributed by atoms with van der Waals surface area (Å²) in [5, 5.41) is 4.66. The van der Waals surface area contributed by atoms with Crippen LogP contribution in [-0.2, 0) is 0 Å². The lowest BCUT2D eigenvalue weighted by Gasteiger charge is -2.12. The van der Waals surface area contributed by atoms with Crippen LogP contribution in [0.1, 0.15) is 24.6 Å². The van der Waals surface area contributed by atoms with Gasteiger partial charge >= 0.3 is 0 Å². The quantitative estimate of drug-likeness (QED) is 0.905. The number of hydrogen-bond acceptors (Lipinski definition) is 2. The van der Waals surface area contributed by atoms with E-state index in [1.54, 1.807) is 0 Å². The summed E-state index contributed by atoms with van der Waals surface area (Å²) >= 11 is 3.62. The van der Waals surface area contributed by atoms with Crippen LogP contribution in [0.3, 0.4) is 0 Å². The predicted molar refractivity (Wildman–Crippen MR) is 77.7 cm³/mol. The fourth-order valence-electron chi connectivity index (χ4n) is 1.96. The summed E-state index contributed by atoms with van der Waals surface area (Å²) in [6.45, 7) is 7.30. The van der Waals surface area contributed by atoms with E-state index in [9.17, 15) is 0 Å². The first kappa shape index (κ1) is 12.4. The van der Waals surface area contributed by atoms with Gasteiger partial charge in [0.2, 0.25) is 0 Å². The van der Waals surface area contributed by atoms with Crippen molar-refractivity contribution in [3.8, 4) is 0 Å². The number of halogens is 1. The second-order valence-electron chi connectivity index (χ2n) is 4.33. The second-order valence-corrected chi connectivity index (χ2v) is 5.18. The van der Waals surface area contributed by atoms with Crippen molar-refractivity contribution in [1.82, 2.24) is 4.98 Å². The van der Waals surface area contributed by atoms with Gasteiger partial charge in [-0.05, 0) is 38.0 Å². The van der Waals surface area contributed by atoms with E-state index in [4.69, 9.17) is 0 Å². The molecule has 90 valence electrons. The zero-order chi connectivity index (χ0) is 12.4. The van der Waals surface area contributed by atoms with E-state index in [0.717, 1.165) is 28.6 Å². The van der Waals surface area contributed by atoms with Crippen LogP contribution in [0.2, 0.25) is 0 Å². The van der Waals surface area contributed by atoms with E-state index in [0.29, 0.717) is 0 Å². The molecule has 1 aromatic heterocycles. The zero-order valence-electron chi connectivity index (χ0n) is 10.5. The van der Waals surface area contributed by atoms with Gasteiger partial charge in [0.15, 0.2) is 0 Å². The average molecular weight is 293 g/mol. The number of nitrogens with one attached hydrogen (secondary N) is 1. The van der Waals surface area contributed by atoms with Crippen molar-refractivity contribution in [2.24, 2.45) is 0 Å². The summed E-state index contributed by atoms with van der Waals surface area (Å²) in [6, 6.07) is 6.30. The monoisotopic (exact) mass is 292 g/mol. The highest BCUT2D eigenvalue weighted by molar-refractivity contribution is 9.10. The maximum atomic E-state index is 4.63. The molecule has 2 rings (SSSR count). The van der Waals surface area contributed by atoms with Gasteiger partial charge in [0.05, 0.1) is 5.52 Å². The molecule has 0 unspecified atom stereocenters. The van der Waals surface area contributed by atoms with Gasteiger partial charge in [0.25, 0.3) is 0 Å². The molecule has 0 aliphatic rings. The van der Waals surface area contributed by atoms with Crippen LogP contribution < -0.4 is 5.32 Å². The Morgan fingerprint density at radius 3 is 2.76 bits per heavy atom. The standard InChI is InChI=1S/C14H17BrN2/c1-4-7-16-12-8-10(3)17-14-9(2)5-6-11(15)13(12)14/h5-6,8H,4,7H2,1-3H3,(H,16,17). The lowest BCUT2D eigenvalue weighted by atomic mass is 10.1. The third-order valence-electron chi connectivity index (χ3n) is 2.80. The molecular weight excluding hydrogens is 276 g/mol. The van der Waals surface area contributed by atoms with Crippen LogP contribution in [0.5, 0.6) is 0 Å². The highest BCUT2D eigenvalue weighted by Gasteiger charge is 2.09. The van der Waals surface area contributed by atoms with Crippen LogP contribution in [0.15, 0.2) is 22.7 Å². The van der Waals surface area contributed by atoms with Gasteiger partial charge in [-0.25, -0.2) is 0 Å².